The van der Waals surface area contributed by atoms with E-state index in [4.69, 9.17) is 4.74 Å². The van der Waals surface area contributed by atoms with Crippen LogP contribution < -0.4 is 4.74 Å². The Morgan fingerprint density at radius 2 is 1.36 bits per heavy atom. The van der Waals surface area contributed by atoms with Crippen LogP contribution in [0.25, 0.3) is 0 Å². The molecule has 0 unspecified atom stereocenters. The minimum atomic E-state index is -0.0854. The zero-order valence-corrected chi connectivity index (χ0v) is 13.9. The number of carbonyl (C=O) groups excluding carboxylic acids is 1. The molecule has 0 amide bonds. The lowest BCUT2D eigenvalue weighted by Gasteiger charge is -2.05. The molecule has 0 spiro atoms. The minimum absolute atomic E-state index is 0.0854. The number of unbranched alkanes of at least 4 members (excludes halogenated alkanes) is 8. The van der Waals surface area contributed by atoms with E-state index in [1.54, 1.807) is 0 Å². The Hall–Kier alpha value is -1.51. The summed E-state index contributed by atoms with van der Waals surface area (Å²) < 4.78 is 10.3. The third-order valence-electron chi connectivity index (χ3n) is 3.76. The fourth-order valence-corrected chi connectivity index (χ4v) is 2.42. The Morgan fingerprint density at radius 3 is 1.95 bits per heavy atom. The third-order valence-corrected chi connectivity index (χ3v) is 3.76. The normalized spacial score (nSPS) is 10.4. The molecule has 0 aliphatic rings. The average molecular weight is 306 g/mol. The van der Waals surface area contributed by atoms with Crippen molar-refractivity contribution in [2.45, 2.75) is 64.2 Å². The molecule has 124 valence electrons. The lowest BCUT2D eigenvalue weighted by atomic mass is 10.1. The minimum Gasteiger partial charge on any atom is -0.494 e. The number of ether oxygens (including phenoxy) is 2. The molecule has 0 aliphatic carbocycles. The van der Waals surface area contributed by atoms with E-state index in [1.165, 1.54) is 45.6 Å². The number of methoxy groups -OCH3 is 1. The number of hydrogen-bond donors (Lipinski definition) is 0. The van der Waals surface area contributed by atoms with Crippen LogP contribution in [0.15, 0.2) is 30.3 Å². The second-order valence-corrected chi connectivity index (χ2v) is 5.67. The number of esters is 1. The van der Waals surface area contributed by atoms with Gasteiger partial charge < -0.3 is 9.47 Å². The molecule has 0 aromatic heterocycles. The van der Waals surface area contributed by atoms with Crippen molar-refractivity contribution in [2.24, 2.45) is 0 Å². The molecule has 0 bridgehead atoms. The Labute approximate surface area is 135 Å². The van der Waals surface area contributed by atoms with Gasteiger partial charge in [-0.25, -0.2) is 0 Å². The van der Waals surface area contributed by atoms with Crippen LogP contribution in [-0.4, -0.2) is 19.7 Å². The Balaban J connectivity index is 1.77. The zero-order chi connectivity index (χ0) is 15.9. The van der Waals surface area contributed by atoms with Gasteiger partial charge in [0.25, 0.3) is 0 Å². The SMILES string of the molecule is COC(=O)CCCCCCCCCCCOc1ccccc1. The fourth-order valence-electron chi connectivity index (χ4n) is 2.42. The van der Waals surface area contributed by atoms with Crippen LogP contribution >= 0.6 is 0 Å². The van der Waals surface area contributed by atoms with Gasteiger partial charge >= 0.3 is 5.97 Å². The van der Waals surface area contributed by atoms with Crippen LogP contribution in [0.3, 0.4) is 0 Å². The van der Waals surface area contributed by atoms with Crippen molar-refractivity contribution >= 4 is 5.97 Å². The molecular weight excluding hydrogens is 276 g/mol. The molecule has 3 heteroatoms. The standard InChI is InChI=1S/C19H30O3/c1-21-19(20)16-12-7-5-3-2-4-6-8-13-17-22-18-14-10-9-11-15-18/h9-11,14-15H,2-8,12-13,16-17H2,1H3. The van der Waals surface area contributed by atoms with Crippen LogP contribution in [-0.2, 0) is 9.53 Å². The maximum Gasteiger partial charge on any atom is 0.305 e. The highest BCUT2D eigenvalue weighted by Gasteiger charge is 1.99. The van der Waals surface area contributed by atoms with E-state index in [1.807, 2.05) is 30.3 Å². The highest BCUT2D eigenvalue weighted by molar-refractivity contribution is 5.68. The monoisotopic (exact) mass is 306 g/mol. The summed E-state index contributed by atoms with van der Waals surface area (Å²) in [5, 5.41) is 0. The third kappa shape index (κ3) is 10.3. The summed E-state index contributed by atoms with van der Waals surface area (Å²) in [6.07, 6.45) is 11.5. The Kier molecular flexibility index (Phi) is 11.1. The quantitative estimate of drug-likeness (QED) is 0.374. The predicted octanol–water partition coefficient (Wildman–Crippen LogP) is 5.14. The van der Waals surface area contributed by atoms with E-state index in [2.05, 4.69) is 4.74 Å². The van der Waals surface area contributed by atoms with E-state index in [0.717, 1.165) is 31.6 Å². The van der Waals surface area contributed by atoms with Crippen LogP contribution in [0, 0.1) is 0 Å². The van der Waals surface area contributed by atoms with E-state index in [9.17, 15) is 4.79 Å². The molecule has 0 heterocycles. The van der Waals surface area contributed by atoms with Crippen molar-refractivity contribution in [1.82, 2.24) is 0 Å². The lowest BCUT2D eigenvalue weighted by molar-refractivity contribution is -0.140. The van der Waals surface area contributed by atoms with Crippen LogP contribution in [0.1, 0.15) is 64.2 Å². The summed E-state index contributed by atoms with van der Waals surface area (Å²) in [5.74, 6) is 0.882. The van der Waals surface area contributed by atoms with Crippen LogP contribution in [0.2, 0.25) is 0 Å². The Bertz CT molecular complexity index is 376. The zero-order valence-electron chi connectivity index (χ0n) is 13.9. The van der Waals surface area contributed by atoms with Gasteiger partial charge in [-0.3, -0.25) is 4.79 Å². The highest BCUT2D eigenvalue weighted by Crippen LogP contribution is 2.12. The van der Waals surface area contributed by atoms with Gasteiger partial charge in [0, 0.05) is 6.42 Å². The number of hydrogen-bond acceptors (Lipinski definition) is 3. The molecular formula is C19H30O3. The molecule has 0 saturated carbocycles. The summed E-state index contributed by atoms with van der Waals surface area (Å²) in [5.41, 5.74) is 0. The van der Waals surface area contributed by atoms with Gasteiger partial charge in [-0.1, -0.05) is 63.1 Å². The van der Waals surface area contributed by atoms with Crippen molar-refractivity contribution in [2.75, 3.05) is 13.7 Å². The van der Waals surface area contributed by atoms with Crippen molar-refractivity contribution < 1.29 is 14.3 Å². The summed E-state index contributed by atoms with van der Waals surface area (Å²) in [6, 6.07) is 10.0. The maximum atomic E-state index is 10.9. The molecule has 3 nitrogen and oxygen atoms in total. The van der Waals surface area contributed by atoms with E-state index in [-0.39, 0.29) is 5.97 Å². The highest BCUT2D eigenvalue weighted by atomic mass is 16.5. The Morgan fingerprint density at radius 1 is 0.818 bits per heavy atom. The summed E-state index contributed by atoms with van der Waals surface area (Å²) >= 11 is 0. The first-order chi connectivity index (χ1) is 10.8. The largest absolute Gasteiger partial charge is 0.494 e. The number of rotatable bonds is 13. The first-order valence-corrected chi connectivity index (χ1v) is 8.57. The average Bonchev–Trinajstić information content (AvgIpc) is 2.56. The molecule has 0 atom stereocenters. The molecule has 1 rings (SSSR count). The lowest BCUT2D eigenvalue weighted by Crippen LogP contribution is -1.99. The van der Waals surface area contributed by atoms with Gasteiger partial charge in [0.15, 0.2) is 0 Å². The molecule has 0 fully saturated rings. The first-order valence-electron chi connectivity index (χ1n) is 8.57. The fraction of sp³-hybridized carbons (Fsp3) is 0.632. The predicted molar refractivity (Wildman–Crippen MR) is 90.1 cm³/mol. The smallest absolute Gasteiger partial charge is 0.305 e. The molecule has 22 heavy (non-hydrogen) atoms. The van der Waals surface area contributed by atoms with Crippen molar-refractivity contribution in [1.29, 1.82) is 0 Å². The second kappa shape index (κ2) is 13.2. The van der Waals surface area contributed by atoms with Gasteiger partial charge in [0.1, 0.15) is 5.75 Å². The van der Waals surface area contributed by atoms with E-state index in [0.29, 0.717) is 6.42 Å². The molecule has 0 radical (unpaired) electrons. The van der Waals surface area contributed by atoms with Crippen molar-refractivity contribution in [3.05, 3.63) is 30.3 Å². The topological polar surface area (TPSA) is 35.5 Å². The molecule has 0 aliphatic heterocycles. The van der Waals surface area contributed by atoms with Gasteiger partial charge in [0.05, 0.1) is 13.7 Å². The van der Waals surface area contributed by atoms with Crippen LogP contribution in [0.5, 0.6) is 5.75 Å². The summed E-state index contributed by atoms with van der Waals surface area (Å²) in [6.45, 7) is 0.817. The number of carbonyl (C=O) groups is 1. The summed E-state index contributed by atoms with van der Waals surface area (Å²) in [4.78, 5) is 10.9. The van der Waals surface area contributed by atoms with Crippen molar-refractivity contribution in [3.63, 3.8) is 0 Å². The molecule has 1 aromatic rings. The van der Waals surface area contributed by atoms with Gasteiger partial charge in [0.2, 0.25) is 0 Å². The van der Waals surface area contributed by atoms with Crippen molar-refractivity contribution in [3.8, 4) is 5.75 Å². The maximum absolute atomic E-state index is 10.9. The van der Waals surface area contributed by atoms with E-state index < -0.39 is 0 Å². The molecule has 0 saturated heterocycles. The van der Waals surface area contributed by atoms with Gasteiger partial charge in [-0.05, 0) is 25.0 Å². The summed E-state index contributed by atoms with van der Waals surface area (Å²) in [7, 11) is 1.45. The first kappa shape index (κ1) is 18.5. The number of para-hydroxylation sites is 1. The number of benzene rings is 1. The van der Waals surface area contributed by atoms with Crippen LogP contribution in [0.4, 0.5) is 0 Å². The van der Waals surface area contributed by atoms with Gasteiger partial charge in [-0.15, -0.1) is 0 Å². The second-order valence-electron chi connectivity index (χ2n) is 5.67. The molecule has 1 aromatic carbocycles. The van der Waals surface area contributed by atoms with E-state index >= 15 is 0 Å². The molecule has 0 N–H and O–H groups in total. The van der Waals surface area contributed by atoms with Gasteiger partial charge in [-0.2, -0.15) is 0 Å².